The summed E-state index contributed by atoms with van der Waals surface area (Å²) >= 11 is 0. The van der Waals surface area contributed by atoms with Gasteiger partial charge in [0.1, 0.15) is 6.10 Å². The van der Waals surface area contributed by atoms with Gasteiger partial charge in [0, 0.05) is 11.8 Å². The molecule has 0 aromatic carbocycles. The van der Waals surface area contributed by atoms with Crippen molar-refractivity contribution in [2.24, 2.45) is 11.8 Å². The van der Waals surface area contributed by atoms with Crippen LogP contribution < -0.4 is 0 Å². The summed E-state index contributed by atoms with van der Waals surface area (Å²) in [6.45, 7) is 0.0156. The van der Waals surface area contributed by atoms with Gasteiger partial charge < -0.3 is 35.0 Å². The first-order valence-corrected chi connectivity index (χ1v) is 5.55. The summed E-state index contributed by atoms with van der Waals surface area (Å²) in [7, 11) is 0. The van der Waals surface area contributed by atoms with Crippen LogP contribution >= 0.6 is 0 Å². The fraction of sp³-hybridized carbons (Fsp3) is 1.00. The molecule has 0 amide bonds. The summed E-state index contributed by atoms with van der Waals surface area (Å²) in [4.78, 5) is 0. The van der Waals surface area contributed by atoms with Gasteiger partial charge in [-0.3, -0.25) is 0 Å². The lowest BCUT2D eigenvalue weighted by molar-refractivity contribution is -0.245. The average molecular weight is 252 g/mol. The maximum absolute atomic E-state index is 9.62. The summed E-state index contributed by atoms with van der Waals surface area (Å²) in [5.41, 5.74) is 0. The van der Waals surface area contributed by atoms with Crippen LogP contribution in [0.25, 0.3) is 0 Å². The molecule has 7 nitrogen and oxygen atoms in total. The molecule has 0 aromatic rings. The van der Waals surface area contributed by atoms with E-state index in [-0.39, 0.29) is 39.0 Å². The first-order chi connectivity index (χ1) is 8.10. The Morgan fingerprint density at radius 3 is 2.35 bits per heavy atom. The smallest absolute Gasteiger partial charge is 0.183 e. The molecule has 1 rings (SSSR count). The van der Waals surface area contributed by atoms with Gasteiger partial charge in [-0.15, -0.1) is 0 Å². The Labute approximate surface area is 99.2 Å². The van der Waals surface area contributed by atoms with Crippen LogP contribution in [0.1, 0.15) is 0 Å². The normalized spacial score (nSPS) is 34.2. The van der Waals surface area contributed by atoms with E-state index < -0.39 is 24.4 Å². The highest BCUT2D eigenvalue weighted by Gasteiger charge is 2.37. The van der Waals surface area contributed by atoms with Gasteiger partial charge in [0.2, 0.25) is 0 Å². The van der Waals surface area contributed by atoms with E-state index in [1.165, 1.54) is 0 Å². The largest absolute Gasteiger partial charge is 0.396 e. The Kier molecular flexibility index (Phi) is 6.28. The van der Waals surface area contributed by atoms with Gasteiger partial charge in [0.05, 0.1) is 39.1 Å². The van der Waals surface area contributed by atoms with Gasteiger partial charge >= 0.3 is 0 Å². The number of ether oxygens (including phenoxy) is 2. The Bertz CT molecular complexity index is 209. The molecule has 0 saturated carbocycles. The SMILES string of the molecule is OCC(CO)COC[C@H]1CO[C@H](O)[C@@H](O)[C@@H]1O. The Morgan fingerprint density at radius 1 is 1.12 bits per heavy atom. The highest BCUT2D eigenvalue weighted by Crippen LogP contribution is 2.19. The van der Waals surface area contributed by atoms with Crippen molar-refractivity contribution in [1.82, 2.24) is 0 Å². The number of hydrogen-bond donors (Lipinski definition) is 5. The highest BCUT2D eigenvalue weighted by molar-refractivity contribution is 4.82. The molecular weight excluding hydrogens is 232 g/mol. The lowest BCUT2D eigenvalue weighted by Gasteiger charge is -2.35. The molecule has 0 spiro atoms. The van der Waals surface area contributed by atoms with Crippen LogP contribution in [0.4, 0.5) is 0 Å². The molecule has 0 bridgehead atoms. The maximum atomic E-state index is 9.62. The monoisotopic (exact) mass is 252 g/mol. The number of aliphatic hydroxyl groups is 5. The molecule has 1 aliphatic heterocycles. The van der Waals surface area contributed by atoms with Crippen LogP contribution in [-0.2, 0) is 9.47 Å². The first-order valence-electron chi connectivity index (χ1n) is 5.55. The molecule has 0 radical (unpaired) electrons. The second-order valence-electron chi connectivity index (χ2n) is 4.23. The lowest BCUT2D eigenvalue weighted by atomic mass is 9.96. The van der Waals surface area contributed by atoms with Crippen LogP contribution in [0.3, 0.4) is 0 Å². The third-order valence-corrected chi connectivity index (χ3v) is 2.81. The molecule has 0 aromatic heterocycles. The van der Waals surface area contributed by atoms with E-state index in [1.807, 2.05) is 0 Å². The number of hydrogen-bond acceptors (Lipinski definition) is 7. The molecular formula is C10H20O7. The molecule has 0 unspecified atom stereocenters. The van der Waals surface area contributed by atoms with Crippen molar-refractivity contribution in [3.05, 3.63) is 0 Å². The fourth-order valence-electron chi connectivity index (χ4n) is 1.56. The van der Waals surface area contributed by atoms with Gasteiger partial charge in [-0.05, 0) is 0 Å². The molecule has 4 atom stereocenters. The predicted molar refractivity (Wildman–Crippen MR) is 55.9 cm³/mol. The summed E-state index contributed by atoms with van der Waals surface area (Å²) in [5, 5.41) is 45.7. The Hall–Kier alpha value is -0.280. The minimum absolute atomic E-state index is 0.0856. The van der Waals surface area contributed by atoms with Gasteiger partial charge in [0.15, 0.2) is 6.29 Å². The van der Waals surface area contributed by atoms with Crippen molar-refractivity contribution in [2.45, 2.75) is 18.5 Å². The van der Waals surface area contributed by atoms with Crippen molar-refractivity contribution in [1.29, 1.82) is 0 Å². The Morgan fingerprint density at radius 2 is 1.76 bits per heavy atom. The zero-order chi connectivity index (χ0) is 12.8. The number of aliphatic hydroxyl groups excluding tert-OH is 5. The average Bonchev–Trinajstić information content (AvgIpc) is 2.34. The van der Waals surface area contributed by atoms with Crippen LogP contribution in [0.15, 0.2) is 0 Å². The zero-order valence-electron chi connectivity index (χ0n) is 9.47. The van der Waals surface area contributed by atoms with Gasteiger partial charge in [-0.1, -0.05) is 0 Å². The summed E-state index contributed by atoms with van der Waals surface area (Å²) in [6, 6.07) is 0. The zero-order valence-corrected chi connectivity index (χ0v) is 9.47. The summed E-state index contributed by atoms with van der Waals surface area (Å²) < 4.78 is 10.1. The van der Waals surface area contributed by atoms with E-state index in [1.54, 1.807) is 0 Å². The molecule has 102 valence electrons. The van der Waals surface area contributed by atoms with E-state index >= 15 is 0 Å². The minimum atomic E-state index is -1.37. The molecule has 1 saturated heterocycles. The third-order valence-electron chi connectivity index (χ3n) is 2.81. The molecule has 0 aliphatic carbocycles. The molecule has 7 heteroatoms. The van der Waals surface area contributed by atoms with Gasteiger partial charge in [-0.25, -0.2) is 0 Å². The summed E-state index contributed by atoms with van der Waals surface area (Å²) in [5.74, 6) is -0.793. The lowest BCUT2D eigenvalue weighted by Crippen LogP contribution is -2.51. The first kappa shape index (κ1) is 14.8. The third kappa shape index (κ3) is 4.14. The van der Waals surface area contributed by atoms with Crippen LogP contribution in [0.5, 0.6) is 0 Å². The molecule has 1 heterocycles. The molecule has 5 N–H and O–H groups in total. The van der Waals surface area contributed by atoms with Crippen molar-refractivity contribution in [3.8, 4) is 0 Å². The quantitative estimate of drug-likeness (QED) is 0.348. The summed E-state index contributed by atoms with van der Waals surface area (Å²) in [6.07, 6.45) is -3.83. The second-order valence-corrected chi connectivity index (χ2v) is 4.23. The van der Waals surface area contributed by atoms with Crippen molar-refractivity contribution < 1.29 is 35.0 Å². The molecule has 1 fully saturated rings. The van der Waals surface area contributed by atoms with E-state index in [0.29, 0.717) is 0 Å². The van der Waals surface area contributed by atoms with Crippen LogP contribution in [0, 0.1) is 11.8 Å². The predicted octanol–water partition coefficient (Wildman–Crippen LogP) is -2.71. The molecule has 17 heavy (non-hydrogen) atoms. The highest BCUT2D eigenvalue weighted by atomic mass is 16.6. The maximum Gasteiger partial charge on any atom is 0.183 e. The molecule has 1 aliphatic rings. The second kappa shape index (κ2) is 7.22. The van der Waals surface area contributed by atoms with Gasteiger partial charge in [0.25, 0.3) is 0 Å². The van der Waals surface area contributed by atoms with E-state index in [0.717, 1.165) is 0 Å². The van der Waals surface area contributed by atoms with Crippen LogP contribution in [-0.4, -0.2) is 77.1 Å². The van der Waals surface area contributed by atoms with E-state index in [4.69, 9.17) is 24.8 Å². The van der Waals surface area contributed by atoms with Crippen molar-refractivity contribution in [2.75, 3.05) is 33.0 Å². The van der Waals surface area contributed by atoms with Gasteiger partial charge in [-0.2, -0.15) is 0 Å². The van der Waals surface area contributed by atoms with Crippen molar-refractivity contribution >= 4 is 0 Å². The van der Waals surface area contributed by atoms with Crippen molar-refractivity contribution in [3.63, 3.8) is 0 Å². The number of rotatable bonds is 6. The topological polar surface area (TPSA) is 120 Å². The van der Waals surface area contributed by atoms with Crippen LogP contribution in [0.2, 0.25) is 0 Å². The standard InChI is InChI=1S/C10H20O7/c11-1-6(2-12)3-16-4-7-5-17-10(15)9(14)8(7)13/h6-15H,1-5H2/t7-,8+,9-,10-/m0/s1. The Balaban J connectivity index is 2.27. The van der Waals surface area contributed by atoms with E-state index in [9.17, 15) is 10.2 Å². The minimum Gasteiger partial charge on any atom is -0.396 e. The fourth-order valence-corrected chi connectivity index (χ4v) is 1.56. The van der Waals surface area contributed by atoms with E-state index in [2.05, 4.69) is 0 Å².